The third-order valence-electron chi connectivity index (χ3n) is 1.55. The molecule has 8 heteroatoms. The van der Waals surface area contributed by atoms with E-state index in [9.17, 15) is 13.6 Å². The molecule has 0 saturated heterocycles. The van der Waals surface area contributed by atoms with Gasteiger partial charge in [-0.3, -0.25) is 10.2 Å². The molecule has 1 rings (SSSR count). The fraction of sp³-hybridized carbons (Fsp3) is 0.125. The Bertz CT molecular complexity index is 415. The van der Waals surface area contributed by atoms with Crippen molar-refractivity contribution in [1.82, 2.24) is 5.43 Å². The van der Waals surface area contributed by atoms with Crippen LogP contribution in [0.1, 0.15) is 0 Å². The Morgan fingerprint density at radius 1 is 1.44 bits per heavy atom. The zero-order chi connectivity index (χ0) is 12.3. The van der Waals surface area contributed by atoms with Crippen LogP contribution in [0, 0.1) is 0 Å². The van der Waals surface area contributed by atoms with Crippen molar-refractivity contribution < 1.29 is 18.3 Å². The van der Waals surface area contributed by atoms with Crippen LogP contribution in [0.5, 0.6) is 5.75 Å². The van der Waals surface area contributed by atoms with Crippen molar-refractivity contribution in [3.8, 4) is 5.75 Å². The van der Waals surface area contributed by atoms with E-state index in [0.29, 0.717) is 0 Å². The molecule has 1 aromatic carbocycles. The molecule has 0 aliphatic carbocycles. The van der Waals surface area contributed by atoms with Gasteiger partial charge >= 0.3 is 12.0 Å². The van der Waals surface area contributed by atoms with Crippen LogP contribution in [0.15, 0.2) is 18.2 Å². The first kappa shape index (κ1) is 13.0. The maximum Gasteiger partial charge on any atom is 0.483 e. The topological polar surface area (TPSA) is 64.3 Å². The number of ether oxygens (including phenoxy) is 1. The lowest BCUT2D eigenvalue weighted by molar-refractivity contribution is -0.192. The predicted molar refractivity (Wildman–Crippen MR) is 54.4 cm³/mol. The highest BCUT2D eigenvalue weighted by atomic mass is 35.5. The summed E-state index contributed by atoms with van der Waals surface area (Å²) in [5.41, 5.74) is 1.27. The van der Waals surface area contributed by atoms with Crippen molar-refractivity contribution in [2.45, 2.75) is 6.11 Å². The van der Waals surface area contributed by atoms with Crippen LogP contribution in [0.3, 0.4) is 0 Å². The molecule has 16 heavy (non-hydrogen) atoms. The molecule has 0 fully saturated rings. The van der Waals surface area contributed by atoms with E-state index in [1.165, 1.54) is 17.6 Å². The van der Waals surface area contributed by atoms with Gasteiger partial charge in [0.15, 0.2) is 0 Å². The lowest BCUT2D eigenvalue weighted by Crippen LogP contribution is -2.47. The van der Waals surface area contributed by atoms with Crippen LogP contribution in [0.25, 0.3) is 0 Å². The minimum atomic E-state index is -4.12. The van der Waals surface area contributed by atoms with Crippen LogP contribution in [0.4, 0.5) is 8.78 Å². The maximum atomic E-state index is 13.0. The fourth-order valence-corrected chi connectivity index (χ4v) is 1.16. The summed E-state index contributed by atoms with van der Waals surface area (Å²) in [6.07, 6.45) is -4.12. The molecule has 3 N–H and O–H groups in total. The van der Waals surface area contributed by atoms with Gasteiger partial charge in [0.05, 0.1) is 5.02 Å². The minimum Gasteiger partial charge on any atom is -0.424 e. The molecule has 0 saturated carbocycles. The molecule has 0 spiro atoms. The third kappa shape index (κ3) is 2.72. The highest BCUT2D eigenvalue weighted by Gasteiger charge is 2.42. The summed E-state index contributed by atoms with van der Waals surface area (Å²) in [6, 6.07) is 3.88. The molecule has 0 atom stereocenters. The Hall–Kier alpha value is -1.11. The molecule has 1 amide bonds. The fourth-order valence-electron chi connectivity index (χ4n) is 0.831. The zero-order valence-electron chi connectivity index (χ0n) is 7.64. The van der Waals surface area contributed by atoms with Crippen molar-refractivity contribution in [3.63, 3.8) is 0 Å². The van der Waals surface area contributed by atoms with Gasteiger partial charge in [0.1, 0.15) is 10.8 Å². The second kappa shape index (κ2) is 4.82. The van der Waals surface area contributed by atoms with Gasteiger partial charge in [-0.2, -0.15) is 8.78 Å². The second-order valence-corrected chi connectivity index (χ2v) is 3.43. The van der Waals surface area contributed by atoms with E-state index >= 15 is 0 Å². The molecular formula is C8H6Cl2F2N2O2. The van der Waals surface area contributed by atoms with Crippen LogP contribution in [-0.4, -0.2) is 12.0 Å². The van der Waals surface area contributed by atoms with Gasteiger partial charge < -0.3 is 4.74 Å². The number of amides is 1. The van der Waals surface area contributed by atoms with Gasteiger partial charge in [-0.15, -0.1) is 0 Å². The summed E-state index contributed by atoms with van der Waals surface area (Å²) >= 11 is 11.2. The Morgan fingerprint density at radius 3 is 2.62 bits per heavy atom. The maximum absolute atomic E-state index is 13.0. The lowest BCUT2D eigenvalue weighted by Gasteiger charge is -2.16. The van der Waals surface area contributed by atoms with E-state index in [1.807, 2.05) is 0 Å². The molecule has 0 heterocycles. The van der Waals surface area contributed by atoms with E-state index < -0.39 is 17.8 Å². The number of hydrazine groups is 1. The van der Waals surface area contributed by atoms with E-state index in [0.717, 1.165) is 6.07 Å². The number of halogens is 4. The summed E-state index contributed by atoms with van der Waals surface area (Å²) in [5.74, 6) is 2.36. The van der Waals surface area contributed by atoms with Crippen molar-refractivity contribution in [2.75, 3.05) is 0 Å². The SMILES string of the molecule is NNC(=O)C(F)(F)Oc1cccc(Cl)c1Cl. The van der Waals surface area contributed by atoms with Gasteiger partial charge in [0, 0.05) is 0 Å². The first-order valence-electron chi connectivity index (χ1n) is 3.90. The monoisotopic (exact) mass is 270 g/mol. The van der Waals surface area contributed by atoms with Crippen molar-refractivity contribution in [3.05, 3.63) is 28.2 Å². The number of hydrogen-bond donors (Lipinski definition) is 2. The van der Waals surface area contributed by atoms with Gasteiger partial charge in [-0.05, 0) is 12.1 Å². The minimum absolute atomic E-state index is 0.0307. The average Bonchev–Trinajstić information content (AvgIpc) is 2.23. The van der Waals surface area contributed by atoms with Gasteiger partial charge in [0.25, 0.3) is 0 Å². The summed E-state index contributed by atoms with van der Waals surface area (Å²) in [4.78, 5) is 10.6. The number of carbonyl (C=O) groups excluding carboxylic acids is 1. The number of nitrogens with one attached hydrogen (secondary N) is 1. The normalized spacial score (nSPS) is 11.1. The Morgan fingerprint density at radius 2 is 2.06 bits per heavy atom. The first-order chi connectivity index (χ1) is 7.38. The summed E-state index contributed by atoms with van der Waals surface area (Å²) in [6.45, 7) is 0. The van der Waals surface area contributed by atoms with Gasteiger partial charge in [-0.25, -0.2) is 5.84 Å². The highest BCUT2D eigenvalue weighted by Crippen LogP contribution is 2.34. The lowest BCUT2D eigenvalue weighted by atomic mass is 10.3. The van der Waals surface area contributed by atoms with E-state index in [4.69, 9.17) is 23.2 Å². The Labute approximate surface area is 99.2 Å². The Balaban J connectivity index is 2.96. The smallest absolute Gasteiger partial charge is 0.424 e. The number of rotatable bonds is 3. The van der Waals surface area contributed by atoms with Crippen LogP contribution < -0.4 is 16.0 Å². The molecule has 4 nitrogen and oxygen atoms in total. The van der Waals surface area contributed by atoms with Crippen LogP contribution >= 0.6 is 23.2 Å². The molecule has 0 aliphatic heterocycles. The van der Waals surface area contributed by atoms with Gasteiger partial charge in [0.2, 0.25) is 0 Å². The van der Waals surface area contributed by atoms with E-state index in [1.54, 1.807) is 0 Å². The molecular weight excluding hydrogens is 265 g/mol. The second-order valence-electron chi connectivity index (χ2n) is 2.64. The van der Waals surface area contributed by atoms with Gasteiger partial charge in [-0.1, -0.05) is 29.3 Å². The highest BCUT2D eigenvalue weighted by molar-refractivity contribution is 6.42. The van der Waals surface area contributed by atoms with Crippen LogP contribution in [0.2, 0.25) is 10.0 Å². The quantitative estimate of drug-likeness (QED) is 0.501. The average molecular weight is 271 g/mol. The predicted octanol–water partition coefficient (Wildman–Crippen LogP) is 1.95. The number of hydrogen-bond acceptors (Lipinski definition) is 3. The first-order valence-corrected chi connectivity index (χ1v) is 4.66. The number of alkyl halides is 2. The van der Waals surface area contributed by atoms with Crippen molar-refractivity contribution >= 4 is 29.1 Å². The number of nitrogens with two attached hydrogens (primary N) is 1. The molecule has 0 aromatic heterocycles. The summed E-state index contributed by atoms with van der Waals surface area (Å²) in [7, 11) is 0. The molecule has 88 valence electrons. The van der Waals surface area contributed by atoms with E-state index in [2.05, 4.69) is 10.6 Å². The van der Waals surface area contributed by atoms with Crippen LogP contribution in [-0.2, 0) is 4.79 Å². The molecule has 0 aliphatic rings. The van der Waals surface area contributed by atoms with E-state index in [-0.39, 0.29) is 10.0 Å². The standard InChI is InChI=1S/C8H6Cl2F2N2O2/c9-4-2-1-3-5(6(4)10)16-8(11,12)7(15)14-13/h1-3H,13H2,(H,14,15). The summed E-state index contributed by atoms with van der Waals surface area (Å²) < 4.78 is 30.1. The van der Waals surface area contributed by atoms with Crippen molar-refractivity contribution in [1.29, 1.82) is 0 Å². The molecule has 1 aromatic rings. The largest absolute Gasteiger partial charge is 0.483 e. The Kier molecular flexibility index (Phi) is 3.90. The zero-order valence-corrected chi connectivity index (χ0v) is 9.15. The molecule has 0 unspecified atom stereocenters. The molecule has 0 radical (unpaired) electrons. The summed E-state index contributed by atoms with van der Waals surface area (Å²) in [5, 5.41) is -0.184. The number of carbonyl (C=O) groups is 1. The molecule has 0 bridgehead atoms. The van der Waals surface area contributed by atoms with Crippen molar-refractivity contribution in [2.24, 2.45) is 5.84 Å². The third-order valence-corrected chi connectivity index (χ3v) is 2.35. The number of benzene rings is 1.